The number of nitrogens with zero attached hydrogens (tertiary/aromatic N) is 1. The van der Waals surface area contributed by atoms with Crippen molar-refractivity contribution in [3.05, 3.63) is 59.9 Å². The minimum Gasteiger partial charge on any atom is -0.341 e. The van der Waals surface area contributed by atoms with Gasteiger partial charge in [-0.1, -0.05) is 36.4 Å². The molecule has 1 N–H and O–H groups in total. The smallest absolute Gasteiger partial charge is 0.226 e. The summed E-state index contributed by atoms with van der Waals surface area (Å²) in [6.07, 6.45) is 2.44. The van der Waals surface area contributed by atoms with Gasteiger partial charge >= 0.3 is 0 Å². The molecule has 1 aliphatic carbocycles. The molecule has 2 fully saturated rings. The van der Waals surface area contributed by atoms with Gasteiger partial charge in [-0.25, -0.2) is 17.5 Å². The lowest BCUT2D eigenvalue weighted by molar-refractivity contribution is -0.131. The molecular weight excluding hydrogens is 379 g/mol. The van der Waals surface area contributed by atoms with Crippen LogP contribution in [0, 0.1) is 11.7 Å². The van der Waals surface area contributed by atoms with E-state index < -0.39 is 10.0 Å². The molecule has 0 radical (unpaired) electrons. The summed E-state index contributed by atoms with van der Waals surface area (Å²) >= 11 is 0. The fraction of sp³-hybridized carbons (Fsp3) is 0.381. The summed E-state index contributed by atoms with van der Waals surface area (Å²) in [6.45, 7) is 0.938. The molecule has 1 aliphatic heterocycles. The number of hydrogen-bond donors (Lipinski definition) is 1. The largest absolute Gasteiger partial charge is 0.341 e. The van der Waals surface area contributed by atoms with Crippen LogP contribution in [0.1, 0.15) is 24.3 Å². The number of rotatable bonds is 5. The predicted octanol–water partition coefficient (Wildman–Crippen LogP) is 2.75. The quantitative estimate of drug-likeness (QED) is 0.836. The average molecular weight is 402 g/mol. The fourth-order valence-corrected chi connectivity index (χ4v) is 4.92. The van der Waals surface area contributed by atoms with Crippen LogP contribution in [0.2, 0.25) is 0 Å². The van der Waals surface area contributed by atoms with Crippen molar-refractivity contribution in [3.63, 3.8) is 0 Å². The highest BCUT2D eigenvalue weighted by Crippen LogP contribution is 2.51. The molecule has 4 rings (SSSR count). The number of sulfonamides is 1. The number of nitrogens with one attached hydrogen (secondary N) is 1. The number of hydrogen-bond acceptors (Lipinski definition) is 3. The molecule has 1 saturated heterocycles. The van der Waals surface area contributed by atoms with Crippen LogP contribution in [-0.2, 0) is 14.8 Å². The zero-order valence-corrected chi connectivity index (χ0v) is 16.5. The van der Waals surface area contributed by atoms with Crippen molar-refractivity contribution in [2.75, 3.05) is 19.3 Å². The van der Waals surface area contributed by atoms with E-state index in [-0.39, 0.29) is 29.6 Å². The van der Waals surface area contributed by atoms with E-state index in [0.717, 1.165) is 22.9 Å². The van der Waals surface area contributed by atoms with Crippen LogP contribution in [0.3, 0.4) is 0 Å². The van der Waals surface area contributed by atoms with E-state index in [1.165, 1.54) is 12.1 Å². The molecule has 2 aromatic carbocycles. The topological polar surface area (TPSA) is 66.5 Å². The first kappa shape index (κ1) is 19.1. The molecule has 3 atom stereocenters. The Bertz CT molecular complexity index is 994. The zero-order valence-electron chi connectivity index (χ0n) is 15.6. The van der Waals surface area contributed by atoms with Crippen LogP contribution in [0.4, 0.5) is 4.39 Å². The van der Waals surface area contributed by atoms with Crippen molar-refractivity contribution in [1.29, 1.82) is 0 Å². The van der Waals surface area contributed by atoms with Gasteiger partial charge in [0.15, 0.2) is 0 Å². The number of halogens is 1. The minimum atomic E-state index is -3.29. The number of carbonyl (C=O) groups is 1. The number of likely N-dealkylation sites (tertiary alicyclic amines) is 1. The Hall–Kier alpha value is -2.25. The lowest BCUT2D eigenvalue weighted by atomic mass is 9.95. The number of carbonyl (C=O) groups excluding carboxylic acids is 1. The molecule has 1 amide bonds. The highest BCUT2D eigenvalue weighted by Gasteiger charge is 2.47. The van der Waals surface area contributed by atoms with Crippen LogP contribution in [0.25, 0.3) is 11.1 Å². The van der Waals surface area contributed by atoms with E-state index in [1.54, 1.807) is 11.0 Å². The molecule has 3 unspecified atom stereocenters. The number of benzene rings is 2. The maximum absolute atomic E-state index is 13.9. The molecule has 2 aromatic rings. The molecule has 0 spiro atoms. The van der Waals surface area contributed by atoms with E-state index >= 15 is 0 Å². The van der Waals surface area contributed by atoms with Crippen molar-refractivity contribution in [1.82, 2.24) is 9.62 Å². The number of amides is 1. The van der Waals surface area contributed by atoms with Crippen LogP contribution in [0.5, 0.6) is 0 Å². The van der Waals surface area contributed by atoms with E-state index in [2.05, 4.69) is 4.72 Å². The van der Waals surface area contributed by atoms with Gasteiger partial charge in [0.2, 0.25) is 15.9 Å². The van der Waals surface area contributed by atoms with Crippen molar-refractivity contribution in [2.24, 2.45) is 5.92 Å². The Balaban J connectivity index is 1.49. The average Bonchev–Trinajstić information content (AvgIpc) is 3.32. The molecule has 5 nitrogen and oxygen atoms in total. The predicted molar refractivity (Wildman–Crippen MR) is 106 cm³/mol. The SMILES string of the molecule is CS(=O)(=O)NC1CCN(C(=O)C2CC2c2cc(F)ccc2-c2ccccc2)C1. The van der Waals surface area contributed by atoms with Gasteiger partial charge in [0.1, 0.15) is 5.82 Å². The van der Waals surface area contributed by atoms with Gasteiger partial charge in [-0.05, 0) is 47.6 Å². The molecule has 28 heavy (non-hydrogen) atoms. The molecule has 0 bridgehead atoms. The summed E-state index contributed by atoms with van der Waals surface area (Å²) < 4.78 is 39.3. The summed E-state index contributed by atoms with van der Waals surface area (Å²) in [5, 5.41) is 0. The highest BCUT2D eigenvalue weighted by molar-refractivity contribution is 7.88. The second-order valence-electron chi connectivity index (χ2n) is 7.71. The molecular formula is C21H23FN2O3S. The van der Waals surface area contributed by atoms with Crippen LogP contribution < -0.4 is 4.72 Å². The normalized spacial score (nSPS) is 24.4. The first-order valence-electron chi connectivity index (χ1n) is 9.43. The van der Waals surface area contributed by atoms with Gasteiger partial charge in [-0.15, -0.1) is 0 Å². The summed E-state index contributed by atoms with van der Waals surface area (Å²) in [6, 6.07) is 14.3. The molecule has 1 saturated carbocycles. The Morgan fingerprint density at radius 2 is 1.93 bits per heavy atom. The Kier molecular flexibility index (Phi) is 4.97. The van der Waals surface area contributed by atoms with Gasteiger partial charge in [0.05, 0.1) is 6.26 Å². The maximum atomic E-state index is 13.9. The molecule has 0 aromatic heterocycles. The second kappa shape index (κ2) is 7.29. The molecule has 1 heterocycles. The molecule has 2 aliphatic rings. The maximum Gasteiger partial charge on any atom is 0.226 e. The van der Waals surface area contributed by atoms with E-state index in [4.69, 9.17) is 0 Å². The van der Waals surface area contributed by atoms with E-state index in [9.17, 15) is 17.6 Å². The van der Waals surface area contributed by atoms with Gasteiger partial charge in [0, 0.05) is 25.0 Å². The Morgan fingerprint density at radius 1 is 1.18 bits per heavy atom. The first-order chi connectivity index (χ1) is 13.3. The van der Waals surface area contributed by atoms with Gasteiger partial charge in [0.25, 0.3) is 0 Å². The Labute approximate surface area is 164 Å². The summed E-state index contributed by atoms with van der Waals surface area (Å²) in [4.78, 5) is 14.6. The third-order valence-corrected chi connectivity index (χ3v) is 6.25. The van der Waals surface area contributed by atoms with E-state index in [0.29, 0.717) is 25.9 Å². The van der Waals surface area contributed by atoms with Gasteiger partial charge in [-0.3, -0.25) is 4.79 Å². The van der Waals surface area contributed by atoms with Crippen LogP contribution in [0.15, 0.2) is 48.5 Å². The molecule has 7 heteroatoms. The highest BCUT2D eigenvalue weighted by atomic mass is 32.2. The second-order valence-corrected chi connectivity index (χ2v) is 9.49. The third-order valence-electron chi connectivity index (χ3n) is 5.49. The van der Waals surface area contributed by atoms with E-state index in [1.807, 2.05) is 30.3 Å². The third kappa shape index (κ3) is 4.10. The van der Waals surface area contributed by atoms with Gasteiger partial charge in [-0.2, -0.15) is 0 Å². The summed E-state index contributed by atoms with van der Waals surface area (Å²) in [5.74, 6) is -0.431. The lowest BCUT2D eigenvalue weighted by Crippen LogP contribution is -2.38. The first-order valence-corrected chi connectivity index (χ1v) is 11.3. The van der Waals surface area contributed by atoms with Crippen molar-refractivity contribution >= 4 is 15.9 Å². The standard InChI is InChI=1S/C21H23FN2O3S/c1-28(26,27)23-16-9-10-24(13-16)21(25)20-12-19(20)18-11-15(22)7-8-17(18)14-5-3-2-4-6-14/h2-8,11,16,19-20,23H,9-10,12-13H2,1H3. The Morgan fingerprint density at radius 3 is 2.64 bits per heavy atom. The summed E-state index contributed by atoms with van der Waals surface area (Å²) in [7, 11) is -3.29. The van der Waals surface area contributed by atoms with Crippen molar-refractivity contribution in [3.8, 4) is 11.1 Å². The van der Waals surface area contributed by atoms with Crippen molar-refractivity contribution in [2.45, 2.75) is 24.8 Å². The molecule has 148 valence electrons. The van der Waals surface area contributed by atoms with Crippen molar-refractivity contribution < 1.29 is 17.6 Å². The monoisotopic (exact) mass is 402 g/mol. The minimum absolute atomic E-state index is 0.000299. The lowest BCUT2D eigenvalue weighted by Gasteiger charge is -2.17. The van der Waals surface area contributed by atoms with Gasteiger partial charge < -0.3 is 4.90 Å². The van der Waals surface area contributed by atoms with Crippen LogP contribution >= 0.6 is 0 Å². The zero-order chi connectivity index (χ0) is 19.9. The summed E-state index contributed by atoms with van der Waals surface area (Å²) in [5.41, 5.74) is 2.84. The van der Waals surface area contributed by atoms with Crippen LogP contribution in [-0.4, -0.2) is 44.6 Å². The fourth-order valence-electron chi connectivity index (χ4n) is 4.13.